The molecule has 0 radical (unpaired) electrons. The van der Waals surface area contributed by atoms with E-state index in [0.717, 1.165) is 11.3 Å². The van der Waals surface area contributed by atoms with Crippen molar-refractivity contribution >= 4 is 46.5 Å². The van der Waals surface area contributed by atoms with E-state index < -0.39 is 11.9 Å². The maximum Gasteiger partial charge on any atom is 0.353 e. The van der Waals surface area contributed by atoms with E-state index in [1.807, 2.05) is 0 Å². The van der Waals surface area contributed by atoms with Crippen molar-refractivity contribution in [2.45, 2.75) is 0 Å². The van der Waals surface area contributed by atoms with Gasteiger partial charge in [-0.05, 0) is 60.7 Å². The third-order valence-electron chi connectivity index (χ3n) is 3.06. The minimum absolute atomic E-state index is 0.290. The molecule has 3 rings (SSSR count). The Labute approximate surface area is 157 Å². The van der Waals surface area contributed by atoms with Crippen molar-refractivity contribution in [3.63, 3.8) is 0 Å². The van der Waals surface area contributed by atoms with Crippen LogP contribution < -0.4 is 9.47 Å². The molecule has 0 bridgehead atoms. The molecular formula is C18H10Cl2O4S. The van der Waals surface area contributed by atoms with Gasteiger partial charge in [0.2, 0.25) is 0 Å². The first-order chi connectivity index (χ1) is 12.0. The summed E-state index contributed by atoms with van der Waals surface area (Å²) in [5.74, 6) is -0.378. The molecule has 0 saturated carbocycles. The van der Waals surface area contributed by atoms with Gasteiger partial charge in [0.1, 0.15) is 21.3 Å². The predicted molar refractivity (Wildman–Crippen MR) is 97.1 cm³/mol. The number of carbonyl (C=O) groups excluding carboxylic acids is 2. The number of hydrogen-bond donors (Lipinski definition) is 0. The summed E-state index contributed by atoms with van der Waals surface area (Å²) in [7, 11) is 0. The lowest BCUT2D eigenvalue weighted by molar-refractivity contribution is 0.0732. The van der Waals surface area contributed by atoms with Crippen LogP contribution in [0.1, 0.15) is 19.3 Å². The molecule has 25 heavy (non-hydrogen) atoms. The number of rotatable bonds is 4. The van der Waals surface area contributed by atoms with Crippen LogP contribution in [0.4, 0.5) is 0 Å². The number of hydrogen-bond acceptors (Lipinski definition) is 5. The van der Waals surface area contributed by atoms with Crippen LogP contribution in [0.25, 0.3) is 0 Å². The van der Waals surface area contributed by atoms with Crippen molar-refractivity contribution < 1.29 is 19.1 Å². The molecule has 126 valence electrons. The molecule has 0 atom stereocenters. The number of halogens is 2. The third kappa shape index (κ3) is 4.60. The van der Waals surface area contributed by atoms with Gasteiger partial charge >= 0.3 is 11.9 Å². The summed E-state index contributed by atoms with van der Waals surface area (Å²) >= 11 is 12.6. The van der Waals surface area contributed by atoms with E-state index in [9.17, 15) is 9.59 Å². The van der Waals surface area contributed by atoms with E-state index >= 15 is 0 Å². The molecule has 1 aromatic heterocycles. The standard InChI is InChI=1S/C18H10Cl2O4S/c19-11-1-5-13(6-2-11)23-17(21)15-9-10-16(25-15)18(22)24-14-7-3-12(20)4-8-14/h1-10H. The highest BCUT2D eigenvalue weighted by Gasteiger charge is 2.17. The van der Waals surface area contributed by atoms with Crippen molar-refractivity contribution in [3.05, 3.63) is 80.5 Å². The van der Waals surface area contributed by atoms with E-state index in [1.54, 1.807) is 48.5 Å². The van der Waals surface area contributed by atoms with Gasteiger partial charge in [-0.25, -0.2) is 9.59 Å². The van der Waals surface area contributed by atoms with E-state index in [2.05, 4.69) is 0 Å². The third-order valence-corrected chi connectivity index (χ3v) is 4.61. The van der Waals surface area contributed by atoms with Crippen LogP contribution in [0.15, 0.2) is 60.7 Å². The van der Waals surface area contributed by atoms with Crippen LogP contribution in [0.5, 0.6) is 11.5 Å². The van der Waals surface area contributed by atoms with E-state index in [4.69, 9.17) is 32.7 Å². The molecule has 0 amide bonds. The topological polar surface area (TPSA) is 52.6 Å². The SMILES string of the molecule is O=C(Oc1ccc(Cl)cc1)c1ccc(C(=O)Oc2ccc(Cl)cc2)s1. The zero-order valence-corrected chi connectivity index (χ0v) is 14.9. The van der Waals surface area contributed by atoms with Crippen LogP contribution in [0.3, 0.4) is 0 Å². The summed E-state index contributed by atoms with van der Waals surface area (Å²) in [6.45, 7) is 0. The fraction of sp³-hybridized carbons (Fsp3) is 0. The van der Waals surface area contributed by atoms with Gasteiger partial charge in [0.25, 0.3) is 0 Å². The Morgan fingerprint density at radius 2 is 1.00 bits per heavy atom. The van der Waals surface area contributed by atoms with Crippen LogP contribution in [-0.4, -0.2) is 11.9 Å². The second kappa shape index (κ2) is 7.70. The molecule has 0 aliphatic carbocycles. The minimum Gasteiger partial charge on any atom is -0.422 e. The monoisotopic (exact) mass is 392 g/mol. The molecule has 0 aliphatic rings. The normalized spacial score (nSPS) is 10.3. The number of carbonyl (C=O) groups is 2. The average Bonchev–Trinajstić information content (AvgIpc) is 3.09. The summed E-state index contributed by atoms with van der Waals surface area (Å²) in [4.78, 5) is 24.8. The molecule has 1 heterocycles. The molecule has 4 nitrogen and oxygen atoms in total. The molecule has 7 heteroatoms. The van der Waals surface area contributed by atoms with Crippen LogP contribution in [0.2, 0.25) is 10.0 Å². The molecule has 3 aromatic rings. The minimum atomic E-state index is -0.558. The van der Waals surface area contributed by atoms with Crippen LogP contribution >= 0.6 is 34.5 Å². The van der Waals surface area contributed by atoms with E-state index in [1.165, 1.54) is 12.1 Å². The highest BCUT2D eigenvalue weighted by molar-refractivity contribution is 7.15. The molecule has 0 spiro atoms. The molecule has 0 fully saturated rings. The van der Waals surface area contributed by atoms with Crippen molar-refractivity contribution in [1.29, 1.82) is 0 Å². The first-order valence-electron chi connectivity index (χ1n) is 7.06. The smallest absolute Gasteiger partial charge is 0.353 e. The lowest BCUT2D eigenvalue weighted by atomic mass is 10.3. The summed E-state index contributed by atoms with van der Waals surface area (Å²) in [5.41, 5.74) is 0. The lowest BCUT2D eigenvalue weighted by Crippen LogP contribution is -2.07. The number of ether oxygens (including phenoxy) is 2. The van der Waals surface area contributed by atoms with Crippen molar-refractivity contribution in [2.75, 3.05) is 0 Å². The summed E-state index contributed by atoms with van der Waals surface area (Å²) in [5, 5.41) is 1.09. The molecule has 0 unspecified atom stereocenters. The molecular weight excluding hydrogens is 383 g/mol. The zero-order chi connectivity index (χ0) is 17.8. The molecule has 0 aliphatic heterocycles. The van der Waals surface area contributed by atoms with Gasteiger partial charge in [0.05, 0.1) is 0 Å². The Kier molecular flexibility index (Phi) is 5.38. The van der Waals surface area contributed by atoms with Gasteiger partial charge in [-0.3, -0.25) is 0 Å². The number of esters is 2. The Balaban J connectivity index is 1.66. The fourth-order valence-corrected chi connectivity index (χ4v) is 2.89. The zero-order valence-electron chi connectivity index (χ0n) is 12.6. The van der Waals surface area contributed by atoms with Gasteiger partial charge < -0.3 is 9.47 Å². The quantitative estimate of drug-likeness (QED) is 0.434. The van der Waals surface area contributed by atoms with Gasteiger partial charge in [-0.1, -0.05) is 23.2 Å². The van der Waals surface area contributed by atoms with E-state index in [0.29, 0.717) is 21.5 Å². The Morgan fingerprint density at radius 1 is 0.640 bits per heavy atom. The first-order valence-corrected chi connectivity index (χ1v) is 8.64. The number of benzene rings is 2. The van der Waals surface area contributed by atoms with E-state index in [-0.39, 0.29) is 9.75 Å². The van der Waals surface area contributed by atoms with Gasteiger partial charge in [-0.15, -0.1) is 11.3 Å². The van der Waals surface area contributed by atoms with Gasteiger partial charge in [0.15, 0.2) is 0 Å². The highest BCUT2D eigenvalue weighted by atomic mass is 35.5. The van der Waals surface area contributed by atoms with Gasteiger partial charge in [0, 0.05) is 10.0 Å². The van der Waals surface area contributed by atoms with Crippen LogP contribution in [0, 0.1) is 0 Å². The van der Waals surface area contributed by atoms with Gasteiger partial charge in [-0.2, -0.15) is 0 Å². The molecule has 2 aromatic carbocycles. The molecule has 0 saturated heterocycles. The van der Waals surface area contributed by atoms with Crippen molar-refractivity contribution in [3.8, 4) is 11.5 Å². The van der Waals surface area contributed by atoms with Crippen LogP contribution in [-0.2, 0) is 0 Å². The average molecular weight is 393 g/mol. The second-order valence-corrected chi connectivity index (χ2v) is 6.81. The number of thiophene rings is 1. The molecule has 0 N–H and O–H groups in total. The van der Waals surface area contributed by atoms with Crippen molar-refractivity contribution in [1.82, 2.24) is 0 Å². The fourth-order valence-electron chi connectivity index (χ4n) is 1.88. The Morgan fingerprint density at radius 3 is 1.36 bits per heavy atom. The highest BCUT2D eigenvalue weighted by Crippen LogP contribution is 2.23. The van der Waals surface area contributed by atoms with Crippen molar-refractivity contribution in [2.24, 2.45) is 0 Å². The first kappa shape index (κ1) is 17.5. The summed E-state index contributed by atoms with van der Waals surface area (Å²) in [6, 6.07) is 15.9. The Bertz CT molecular complexity index is 828. The maximum absolute atomic E-state index is 12.1. The second-order valence-electron chi connectivity index (χ2n) is 4.85. The Hall–Kier alpha value is -2.34. The summed E-state index contributed by atoms with van der Waals surface area (Å²) < 4.78 is 10.5. The lowest BCUT2D eigenvalue weighted by Gasteiger charge is -2.03. The summed E-state index contributed by atoms with van der Waals surface area (Å²) in [6.07, 6.45) is 0. The maximum atomic E-state index is 12.1. The largest absolute Gasteiger partial charge is 0.422 e. The predicted octanol–water partition coefficient (Wildman–Crippen LogP) is 5.49.